The van der Waals surface area contributed by atoms with E-state index in [1.807, 2.05) is 42.5 Å². The SMILES string of the molecule is N#Cc1cccc(N2CCN(CCCCNC(=O)C3=Cc4cc(Cl)ccc4SC3)CC2)c1. The van der Waals surface area contributed by atoms with Crippen molar-refractivity contribution in [2.24, 2.45) is 0 Å². The van der Waals surface area contributed by atoms with Gasteiger partial charge in [0.2, 0.25) is 5.91 Å². The van der Waals surface area contributed by atoms with Crippen molar-refractivity contribution in [2.45, 2.75) is 17.7 Å². The molecule has 0 radical (unpaired) electrons. The summed E-state index contributed by atoms with van der Waals surface area (Å²) in [4.78, 5) is 18.5. The number of nitrogens with zero attached hydrogens (tertiary/aromatic N) is 3. The Kier molecular flexibility index (Phi) is 7.75. The van der Waals surface area contributed by atoms with Crippen LogP contribution in [0.3, 0.4) is 0 Å². The van der Waals surface area contributed by atoms with E-state index in [1.54, 1.807) is 11.8 Å². The molecule has 7 heteroatoms. The molecule has 0 aliphatic carbocycles. The van der Waals surface area contributed by atoms with E-state index >= 15 is 0 Å². The molecule has 2 aromatic rings. The molecule has 1 saturated heterocycles. The van der Waals surface area contributed by atoms with Crippen LogP contribution >= 0.6 is 23.4 Å². The Morgan fingerprint density at radius 3 is 2.78 bits per heavy atom. The van der Waals surface area contributed by atoms with Gasteiger partial charge >= 0.3 is 0 Å². The number of carbonyl (C=O) groups is 1. The lowest BCUT2D eigenvalue weighted by Crippen LogP contribution is -2.46. The monoisotopic (exact) mass is 466 g/mol. The summed E-state index contributed by atoms with van der Waals surface area (Å²) in [7, 11) is 0. The van der Waals surface area contributed by atoms with Crippen LogP contribution in [0.2, 0.25) is 5.02 Å². The average Bonchev–Trinajstić information content (AvgIpc) is 2.83. The fourth-order valence-electron chi connectivity index (χ4n) is 4.06. The highest BCUT2D eigenvalue weighted by Crippen LogP contribution is 2.33. The molecule has 0 unspecified atom stereocenters. The second-order valence-electron chi connectivity index (χ2n) is 8.09. The van der Waals surface area contributed by atoms with Gasteiger partial charge in [0.1, 0.15) is 0 Å². The van der Waals surface area contributed by atoms with E-state index < -0.39 is 0 Å². The lowest BCUT2D eigenvalue weighted by molar-refractivity contribution is -0.117. The third kappa shape index (κ3) is 5.86. The Labute approximate surface area is 199 Å². The number of halogens is 1. The van der Waals surface area contributed by atoms with Crippen molar-refractivity contribution >= 4 is 41.0 Å². The summed E-state index contributed by atoms with van der Waals surface area (Å²) in [5.41, 5.74) is 3.67. The maximum absolute atomic E-state index is 12.5. The van der Waals surface area contributed by atoms with Crippen molar-refractivity contribution < 1.29 is 4.79 Å². The van der Waals surface area contributed by atoms with Crippen molar-refractivity contribution in [3.05, 3.63) is 64.2 Å². The number of nitrogens with one attached hydrogen (secondary N) is 1. The first-order valence-electron chi connectivity index (χ1n) is 11.0. The zero-order valence-corrected chi connectivity index (χ0v) is 19.6. The first-order valence-corrected chi connectivity index (χ1v) is 12.4. The van der Waals surface area contributed by atoms with Crippen molar-refractivity contribution in [3.8, 4) is 6.07 Å². The van der Waals surface area contributed by atoms with E-state index in [0.29, 0.717) is 22.9 Å². The smallest absolute Gasteiger partial charge is 0.248 e. The Balaban J connectivity index is 1.14. The zero-order chi connectivity index (χ0) is 22.3. The minimum atomic E-state index is 0.0244. The van der Waals surface area contributed by atoms with E-state index in [1.165, 1.54) is 4.90 Å². The van der Waals surface area contributed by atoms with Crippen LogP contribution in [0.15, 0.2) is 52.9 Å². The summed E-state index contributed by atoms with van der Waals surface area (Å²) in [5.74, 6) is 0.721. The summed E-state index contributed by atoms with van der Waals surface area (Å²) in [6, 6.07) is 15.9. The number of hydrogen-bond donors (Lipinski definition) is 1. The fraction of sp³-hybridized carbons (Fsp3) is 0.360. The molecule has 0 bridgehead atoms. The van der Waals surface area contributed by atoms with Crippen LogP contribution in [0.5, 0.6) is 0 Å². The average molecular weight is 467 g/mol. The summed E-state index contributed by atoms with van der Waals surface area (Å²) in [5, 5.41) is 12.9. The number of carbonyl (C=O) groups excluding carboxylic acids is 1. The van der Waals surface area contributed by atoms with Gasteiger partial charge < -0.3 is 10.2 Å². The quantitative estimate of drug-likeness (QED) is 0.612. The predicted molar refractivity (Wildman–Crippen MR) is 132 cm³/mol. The molecule has 2 aliphatic rings. The number of amides is 1. The number of fused-ring (bicyclic) bond motifs is 1. The third-order valence-electron chi connectivity index (χ3n) is 5.88. The molecule has 2 aromatic carbocycles. The Bertz CT molecular complexity index is 1040. The molecule has 0 saturated carbocycles. The lowest BCUT2D eigenvalue weighted by Gasteiger charge is -2.36. The van der Waals surface area contributed by atoms with Gasteiger partial charge in [-0.25, -0.2) is 0 Å². The standard InChI is InChI=1S/C25H27ClN4OS/c26-22-6-7-24-20(16-22)15-21(18-32-24)25(31)28-8-1-2-9-29-10-12-30(13-11-29)23-5-3-4-19(14-23)17-27/h3-7,14-16H,1-2,8-13,18H2,(H,28,31). The number of nitriles is 1. The van der Waals surface area contributed by atoms with Crippen LogP contribution in [0.25, 0.3) is 6.08 Å². The number of benzene rings is 2. The largest absolute Gasteiger partial charge is 0.369 e. The molecule has 0 spiro atoms. The van der Waals surface area contributed by atoms with Crippen molar-refractivity contribution in [1.82, 2.24) is 10.2 Å². The van der Waals surface area contributed by atoms with Crippen molar-refractivity contribution in [2.75, 3.05) is 49.9 Å². The Morgan fingerprint density at radius 2 is 1.97 bits per heavy atom. The van der Waals surface area contributed by atoms with E-state index in [-0.39, 0.29) is 5.91 Å². The van der Waals surface area contributed by atoms with Gasteiger partial charge in [0.05, 0.1) is 11.6 Å². The van der Waals surface area contributed by atoms with Crippen molar-refractivity contribution in [1.29, 1.82) is 5.26 Å². The van der Waals surface area contributed by atoms with Gasteiger partial charge in [0, 0.05) is 59.7 Å². The first kappa shape index (κ1) is 22.7. The molecule has 166 valence electrons. The minimum Gasteiger partial charge on any atom is -0.369 e. The summed E-state index contributed by atoms with van der Waals surface area (Å²) < 4.78 is 0. The van der Waals surface area contributed by atoms with Crippen LogP contribution in [-0.2, 0) is 4.79 Å². The van der Waals surface area contributed by atoms with Gasteiger partial charge in [-0.2, -0.15) is 5.26 Å². The van der Waals surface area contributed by atoms with Crippen molar-refractivity contribution in [3.63, 3.8) is 0 Å². The van der Waals surface area contributed by atoms with Crippen LogP contribution in [0.1, 0.15) is 24.0 Å². The topological polar surface area (TPSA) is 59.4 Å². The van der Waals surface area contributed by atoms with E-state index in [2.05, 4.69) is 27.3 Å². The Hall–Kier alpha value is -2.46. The maximum atomic E-state index is 12.5. The molecule has 2 aliphatic heterocycles. The van der Waals surface area contributed by atoms with Crippen LogP contribution < -0.4 is 10.2 Å². The van der Waals surface area contributed by atoms with Gasteiger partial charge in [-0.3, -0.25) is 9.69 Å². The second-order valence-corrected chi connectivity index (χ2v) is 9.55. The highest BCUT2D eigenvalue weighted by Gasteiger charge is 2.18. The molecule has 0 atom stereocenters. The molecule has 1 N–H and O–H groups in total. The fourth-order valence-corrected chi connectivity index (χ4v) is 5.21. The predicted octanol–water partition coefficient (Wildman–Crippen LogP) is 4.42. The van der Waals surface area contributed by atoms with Gasteiger partial charge in [-0.05, 0) is 67.4 Å². The third-order valence-corrected chi connectivity index (χ3v) is 7.25. The van der Waals surface area contributed by atoms with Gasteiger partial charge in [0.25, 0.3) is 0 Å². The second kappa shape index (κ2) is 10.9. The molecule has 5 nitrogen and oxygen atoms in total. The molecule has 2 heterocycles. The molecule has 4 rings (SSSR count). The van der Waals surface area contributed by atoms with Gasteiger partial charge in [-0.1, -0.05) is 17.7 Å². The van der Waals surface area contributed by atoms with E-state index in [9.17, 15) is 4.79 Å². The normalized spacial score (nSPS) is 16.1. The zero-order valence-electron chi connectivity index (χ0n) is 18.0. The van der Waals surface area contributed by atoms with E-state index in [0.717, 1.165) is 62.4 Å². The van der Waals surface area contributed by atoms with Crippen LogP contribution in [0.4, 0.5) is 5.69 Å². The number of unbranched alkanes of at least 4 members (excludes halogenated alkanes) is 1. The van der Waals surface area contributed by atoms with E-state index in [4.69, 9.17) is 16.9 Å². The summed E-state index contributed by atoms with van der Waals surface area (Å²) in [6.07, 6.45) is 3.99. The Morgan fingerprint density at radius 1 is 1.12 bits per heavy atom. The number of anilines is 1. The lowest BCUT2D eigenvalue weighted by atomic mass is 10.1. The number of piperazine rings is 1. The van der Waals surface area contributed by atoms with Gasteiger partial charge in [0.15, 0.2) is 0 Å². The van der Waals surface area contributed by atoms with Crippen LogP contribution in [-0.4, -0.2) is 55.8 Å². The number of thioether (sulfide) groups is 1. The molecule has 1 fully saturated rings. The van der Waals surface area contributed by atoms with Crippen LogP contribution in [0, 0.1) is 11.3 Å². The number of rotatable bonds is 7. The maximum Gasteiger partial charge on any atom is 0.248 e. The molecular formula is C25H27ClN4OS. The molecular weight excluding hydrogens is 440 g/mol. The highest BCUT2D eigenvalue weighted by molar-refractivity contribution is 7.99. The van der Waals surface area contributed by atoms with Gasteiger partial charge in [-0.15, -0.1) is 11.8 Å². The molecule has 0 aromatic heterocycles. The molecule has 1 amide bonds. The minimum absolute atomic E-state index is 0.0244. The summed E-state index contributed by atoms with van der Waals surface area (Å²) in [6.45, 7) is 5.74. The molecule has 32 heavy (non-hydrogen) atoms. The number of hydrogen-bond acceptors (Lipinski definition) is 5. The summed E-state index contributed by atoms with van der Waals surface area (Å²) >= 11 is 7.76. The highest BCUT2D eigenvalue weighted by atomic mass is 35.5. The first-order chi connectivity index (χ1) is 15.6.